The van der Waals surface area contributed by atoms with Crippen LogP contribution in [0.2, 0.25) is 0 Å². The number of aliphatic imine (C=N–C) groups is 1. The maximum absolute atomic E-state index is 4.69. The highest BCUT2D eigenvalue weighted by Crippen LogP contribution is 2.25. The molecule has 1 aliphatic rings. The molecule has 0 aromatic heterocycles. The fourth-order valence-electron chi connectivity index (χ4n) is 1.89. The fraction of sp³-hybridized carbons (Fsp3) is 0.462. The molecule has 0 radical (unpaired) electrons. The molecule has 0 atom stereocenters. The molecule has 0 bridgehead atoms. The molecular weight excluding hydrogens is 198 g/mol. The molecule has 1 aliphatic heterocycles. The van der Waals surface area contributed by atoms with Crippen LogP contribution in [0.1, 0.15) is 18.1 Å². The second-order valence-electron chi connectivity index (χ2n) is 4.40. The lowest BCUT2D eigenvalue weighted by Gasteiger charge is -2.19. The molecule has 0 unspecified atom stereocenters. The summed E-state index contributed by atoms with van der Waals surface area (Å²) in [7, 11) is 4.05. The van der Waals surface area contributed by atoms with Crippen molar-refractivity contribution in [3.05, 3.63) is 29.3 Å². The van der Waals surface area contributed by atoms with Gasteiger partial charge in [0.05, 0.1) is 5.69 Å². The van der Waals surface area contributed by atoms with Gasteiger partial charge in [0, 0.05) is 20.6 Å². The number of nitrogens with zero attached hydrogens (tertiary/aromatic N) is 2. The fourth-order valence-corrected chi connectivity index (χ4v) is 1.89. The zero-order chi connectivity index (χ0) is 11.5. The van der Waals surface area contributed by atoms with Gasteiger partial charge in [0.1, 0.15) is 5.84 Å². The summed E-state index contributed by atoms with van der Waals surface area (Å²) in [6.07, 6.45) is 1.08. The summed E-state index contributed by atoms with van der Waals surface area (Å²) in [5.74, 6) is 1.05. The molecule has 1 heterocycles. The monoisotopic (exact) mass is 217 g/mol. The molecule has 0 saturated carbocycles. The van der Waals surface area contributed by atoms with Crippen molar-refractivity contribution >= 4 is 11.5 Å². The highest BCUT2D eigenvalue weighted by atomic mass is 15.1. The van der Waals surface area contributed by atoms with E-state index in [2.05, 4.69) is 28.5 Å². The molecule has 3 nitrogen and oxygen atoms in total. The lowest BCUT2D eigenvalue weighted by atomic mass is 9.99. The Labute approximate surface area is 97.2 Å². The largest absolute Gasteiger partial charge is 0.366 e. The van der Waals surface area contributed by atoms with E-state index in [0.717, 1.165) is 31.0 Å². The van der Waals surface area contributed by atoms with Gasteiger partial charge in [-0.05, 0) is 37.1 Å². The molecular formula is C13H19N3. The maximum Gasteiger partial charge on any atom is 0.101 e. The van der Waals surface area contributed by atoms with E-state index in [0.29, 0.717) is 0 Å². The number of hydrogen-bond acceptors (Lipinski definition) is 2. The highest BCUT2D eigenvalue weighted by molar-refractivity contribution is 5.82. The summed E-state index contributed by atoms with van der Waals surface area (Å²) < 4.78 is 0. The smallest absolute Gasteiger partial charge is 0.101 e. The summed E-state index contributed by atoms with van der Waals surface area (Å²) in [6, 6.07) is 6.39. The molecule has 0 amide bonds. The van der Waals surface area contributed by atoms with E-state index >= 15 is 0 Å². The maximum atomic E-state index is 4.69. The molecule has 3 heteroatoms. The second-order valence-corrected chi connectivity index (χ2v) is 4.40. The summed E-state index contributed by atoms with van der Waals surface area (Å²) in [5, 5.41) is 3.39. The zero-order valence-electron chi connectivity index (χ0n) is 10.2. The summed E-state index contributed by atoms with van der Waals surface area (Å²) >= 11 is 0. The van der Waals surface area contributed by atoms with E-state index in [9.17, 15) is 0 Å². The Morgan fingerprint density at radius 2 is 2.19 bits per heavy atom. The average Bonchev–Trinajstić information content (AvgIpc) is 2.29. The Hall–Kier alpha value is -1.35. The van der Waals surface area contributed by atoms with Crippen LogP contribution in [-0.2, 0) is 13.0 Å². The summed E-state index contributed by atoms with van der Waals surface area (Å²) in [4.78, 5) is 6.73. The third-order valence-electron chi connectivity index (χ3n) is 3.05. The summed E-state index contributed by atoms with van der Waals surface area (Å²) in [6.45, 7) is 4.07. The van der Waals surface area contributed by atoms with E-state index in [1.807, 2.05) is 25.9 Å². The predicted molar refractivity (Wildman–Crippen MR) is 68.3 cm³/mol. The molecule has 2 rings (SSSR count). The molecule has 0 spiro atoms. The van der Waals surface area contributed by atoms with Crippen LogP contribution in [0.4, 0.5) is 5.69 Å². The number of amidine groups is 1. The van der Waals surface area contributed by atoms with Crippen molar-refractivity contribution in [2.24, 2.45) is 4.99 Å². The van der Waals surface area contributed by atoms with Crippen molar-refractivity contribution < 1.29 is 0 Å². The molecule has 1 N–H and O–H groups in total. The SMILES string of the molecule is C/C(=N\c1cccc2c1CCNC2)N(C)C. The van der Waals surface area contributed by atoms with E-state index in [4.69, 9.17) is 0 Å². The lowest BCUT2D eigenvalue weighted by molar-refractivity contribution is 0.617. The van der Waals surface area contributed by atoms with Crippen LogP contribution in [0, 0.1) is 0 Å². The Kier molecular flexibility index (Phi) is 3.25. The van der Waals surface area contributed by atoms with Crippen molar-refractivity contribution in [2.75, 3.05) is 20.6 Å². The Morgan fingerprint density at radius 1 is 1.38 bits per heavy atom. The summed E-state index contributed by atoms with van der Waals surface area (Å²) in [5.41, 5.74) is 3.92. The van der Waals surface area contributed by atoms with Crippen LogP contribution in [0.5, 0.6) is 0 Å². The van der Waals surface area contributed by atoms with Crippen LogP contribution in [0.15, 0.2) is 23.2 Å². The van der Waals surface area contributed by atoms with Gasteiger partial charge in [-0.1, -0.05) is 12.1 Å². The van der Waals surface area contributed by atoms with Crippen molar-refractivity contribution in [1.29, 1.82) is 0 Å². The third kappa shape index (κ3) is 2.25. The quantitative estimate of drug-likeness (QED) is 0.575. The van der Waals surface area contributed by atoms with Gasteiger partial charge < -0.3 is 10.2 Å². The Balaban J connectivity index is 2.38. The van der Waals surface area contributed by atoms with Crippen LogP contribution < -0.4 is 5.32 Å². The third-order valence-corrected chi connectivity index (χ3v) is 3.05. The van der Waals surface area contributed by atoms with Crippen LogP contribution in [0.25, 0.3) is 0 Å². The molecule has 0 saturated heterocycles. The number of hydrogen-bond donors (Lipinski definition) is 1. The number of nitrogens with one attached hydrogen (secondary N) is 1. The Bertz CT molecular complexity index is 408. The van der Waals surface area contributed by atoms with E-state index in [1.165, 1.54) is 11.1 Å². The molecule has 1 aromatic rings. The molecule has 16 heavy (non-hydrogen) atoms. The number of benzene rings is 1. The van der Waals surface area contributed by atoms with Crippen LogP contribution in [-0.4, -0.2) is 31.4 Å². The molecule has 86 valence electrons. The molecule has 0 aliphatic carbocycles. The van der Waals surface area contributed by atoms with Gasteiger partial charge in [-0.25, -0.2) is 4.99 Å². The lowest BCUT2D eigenvalue weighted by Crippen LogP contribution is -2.24. The van der Waals surface area contributed by atoms with Crippen molar-refractivity contribution in [2.45, 2.75) is 19.9 Å². The first-order chi connectivity index (χ1) is 7.68. The van der Waals surface area contributed by atoms with E-state index < -0.39 is 0 Å². The zero-order valence-corrected chi connectivity index (χ0v) is 10.2. The minimum Gasteiger partial charge on any atom is -0.366 e. The van der Waals surface area contributed by atoms with E-state index in [1.54, 1.807) is 0 Å². The topological polar surface area (TPSA) is 27.6 Å². The average molecular weight is 217 g/mol. The molecule has 1 aromatic carbocycles. The van der Waals surface area contributed by atoms with Gasteiger partial charge in [0.15, 0.2) is 0 Å². The first-order valence-electron chi connectivity index (χ1n) is 5.72. The van der Waals surface area contributed by atoms with Crippen molar-refractivity contribution in [1.82, 2.24) is 10.2 Å². The van der Waals surface area contributed by atoms with Gasteiger partial charge in [-0.2, -0.15) is 0 Å². The first-order valence-corrected chi connectivity index (χ1v) is 5.72. The minimum absolute atomic E-state index is 0.972. The first kappa shape index (κ1) is 11.1. The van der Waals surface area contributed by atoms with Gasteiger partial charge >= 0.3 is 0 Å². The normalized spacial score (nSPS) is 15.8. The standard InChI is InChI=1S/C13H19N3/c1-10(16(2)3)15-13-6-4-5-11-9-14-8-7-12(11)13/h4-6,14H,7-9H2,1-3H3/b15-10+. The van der Waals surface area contributed by atoms with Gasteiger partial charge in [0.25, 0.3) is 0 Å². The molecule has 0 fully saturated rings. The van der Waals surface area contributed by atoms with E-state index in [-0.39, 0.29) is 0 Å². The van der Waals surface area contributed by atoms with Crippen LogP contribution in [0.3, 0.4) is 0 Å². The minimum atomic E-state index is 0.972. The van der Waals surface area contributed by atoms with Gasteiger partial charge in [-0.15, -0.1) is 0 Å². The number of fused-ring (bicyclic) bond motifs is 1. The highest BCUT2D eigenvalue weighted by Gasteiger charge is 2.11. The van der Waals surface area contributed by atoms with Gasteiger partial charge in [0.2, 0.25) is 0 Å². The van der Waals surface area contributed by atoms with Crippen LogP contribution >= 0.6 is 0 Å². The van der Waals surface area contributed by atoms with Crippen molar-refractivity contribution in [3.63, 3.8) is 0 Å². The Morgan fingerprint density at radius 3 is 2.94 bits per heavy atom. The second kappa shape index (κ2) is 4.66. The number of rotatable bonds is 1. The van der Waals surface area contributed by atoms with Gasteiger partial charge in [-0.3, -0.25) is 0 Å². The predicted octanol–water partition coefficient (Wildman–Crippen LogP) is 1.94. The van der Waals surface area contributed by atoms with Crippen molar-refractivity contribution in [3.8, 4) is 0 Å².